The summed E-state index contributed by atoms with van der Waals surface area (Å²) in [5.41, 5.74) is 0.300. The van der Waals surface area contributed by atoms with Crippen molar-refractivity contribution >= 4 is 17.6 Å². The second-order valence-corrected chi connectivity index (χ2v) is 6.56. The van der Waals surface area contributed by atoms with Gasteiger partial charge in [0.2, 0.25) is 0 Å². The third-order valence-electron chi connectivity index (χ3n) is 4.04. The van der Waals surface area contributed by atoms with Gasteiger partial charge in [0.05, 0.1) is 15.9 Å². The standard InChI is InChI=1S/C17H20N4O5/c1-17(2,16(23)24)8-9-18-15(22)13-10-20(3)19-14(13)11-4-6-12(7-5-11)21(25)26/h4-7,10H,8-9H2,1-3H3,(H,18,22)(H,23,24). The first-order chi connectivity index (χ1) is 12.1. The number of non-ortho nitro benzene ring substituents is 1. The molecule has 0 saturated heterocycles. The lowest BCUT2D eigenvalue weighted by Gasteiger charge is -2.18. The smallest absolute Gasteiger partial charge is 0.309 e. The predicted octanol–water partition coefficient (Wildman–Crippen LogP) is 2.23. The molecule has 1 aromatic carbocycles. The third kappa shape index (κ3) is 4.24. The first-order valence-corrected chi connectivity index (χ1v) is 7.92. The lowest BCUT2D eigenvalue weighted by Crippen LogP contribution is -2.32. The molecular formula is C17H20N4O5. The zero-order chi connectivity index (χ0) is 19.5. The van der Waals surface area contributed by atoms with E-state index in [1.165, 1.54) is 28.9 Å². The van der Waals surface area contributed by atoms with Gasteiger partial charge in [0, 0.05) is 37.5 Å². The molecule has 0 aliphatic heterocycles. The summed E-state index contributed by atoms with van der Waals surface area (Å²) in [4.78, 5) is 33.8. The molecule has 0 aliphatic rings. The maximum absolute atomic E-state index is 12.5. The van der Waals surface area contributed by atoms with E-state index in [0.29, 0.717) is 16.8 Å². The van der Waals surface area contributed by atoms with Gasteiger partial charge in [-0.15, -0.1) is 0 Å². The minimum absolute atomic E-state index is 0.0495. The number of benzene rings is 1. The molecule has 2 N–H and O–H groups in total. The predicted molar refractivity (Wildman–Crippen MR) is 93.7 cm³/mol. The molecule has 0 spiro atoms. The number of carboxylic acids is 1. The van der Waals surface area contributed by atoms with Crippen molar-refractivity contribution in [3.63, 3.8) is 0 Å². The van der Waals surface area contributed by atoms with E-state index in [1.54, 1.807) is 27.1 Å². The van der Waals surface area contributed by atoms with Crippen LogP contribution in [-0.2, 0) is 11.8 Å². The van der Waals surface area contributed by atoms with Gasteiger partial charge in [0.25, 0.3) is 11.6 Å². The molecule has 0 unspecified atom stereocenters. The molecule has 1 amide bonds. The Hall–Kier alpha value is -3.23. The average molecular weight is 360 g/mol. The number of hydrogen-bond donors (Lipinski definition) is 2. The van der Waals surface area contributed by atoms with Gasteiger partial charge in [-0.3, -0.25) is 24.4 Å². The largest absolute Gasteiger partial charge is 0.481 e. The number of amides is 1. The lowest BCUT2D eigenvalue weighted by molar-refractivity contribution is -0.384. The maximum atomic E-state index is 12.5. The Morgan fingerprint density at radius 1 is 1.31 bits per heavy atom. The third-order valence-corrected chi connectivity index (χ3v) is 4.04. The van der Waals surface area contributed by atoms with Crippen molar-refractivity contribution < 1.29 is 19.6 Å². The molecule has 2 aromatic rings. The second-order valence-electron chi connectivity index (χ2n) is 6.56. The van der Waals surface area contributed by atoms with Gasteiger partial charge >= 0.3 is 5.97 Å². The number of hydrogen-bond acceptors (Lipinski definition) is 5. The van der Waals surface area contributed by atoms with Crippen LogP contribution in [0.25, 0.3) is 11.3 Å². The fraction of sp³-hybridized carbons (Fsp3) is 0.353. The summed E-state index contributed by atoms with van der Waals surface area (Å²) in [5, 5.41) is 26.8. The summed E-state index contributed by atoms with van der Waals surface area (Å²) < 4.78 is 1.48. The molecule has 1 aromatic heterocycles. The van der Waals surface area contributed by atoms with Crippen LogP contribution in [0, 0.1) is 15.5 Å². The molecule has 0 saturated carbocycles. The summed E-state index contributed by atoms with van der Waals surface area (Å²) in [5.74, 6) is -1.31. The lowest BCUT2D eigenvalue weighted by atomic mass is 9.89. The number of nitro benzene ring substituents is 1. The second kappa shape index (κ2) is 7.34. The normalized spacial score (nSPS) is 11.2. The van der Waals surface area contributed by atoms with E-state index in [2.05, 4.69) is 10.4 Å². The Morgan fingerprint density at radius 3 is 2.46 bits per heavy atom. The number of aryl methyl sites for hydroxylation is 1. The highest BCUT2D eigenvalue weighted by atomic mass is 16.6. The van der Waals surface area contributed by atoms with E-state index in [0.717, 1.165) is 0 Å². The monoisotopic (exact) mass is 360 g/mol. The number of aromatic nitrogens is 2. The van der Waals surface area contributed by atoms with E-state index in [1.807, 2.05) is 0 Å². The molecule has 9 nitrogen and oxygen atoms in total. The quantitative estimate of drug-likeness (QED) is 0.576. The van der Waals surface area contributed by atoms with Crippen molar-refractivity contribution in [2.75, 3.05) is 6.54 Å². The molecule has 2 rings (SSSR count). The van der Waals surface area contributed by atoms with Gasteiger partial charge in [0.1, 0.15) is 5.69 Å². The summed E-state index contributed by atoms with van der Waals surface area (Å²) >= 11 is 0. The minimum Gasteiger partial charge on any atom is -0.481 e. The van der Waals surface area contributed by atoms with Gasteiger partial charge in [-0.2, -0.15) is 5.10 Å². The van der Waals surface area contributed by atoms with E-state index < -0.39 is 16.3 Å². The van der Waals surface area contributed by atoms with Crippen LogP contribution in [0.15, 0.2) is 30.5 Å². The van der Waals surface area contributed by atoms with Crippen LogP contribution < -0.4 is 5.32 Å². The Labute approximate surface area is 149 Å². The van der Waals surface area contributed by atoms with Crippen LogP contribution in [-0.4, -0.2) is 38.2 Å². The fourth-order valence-electron chi connectivity index (χ4n) is 2.30. The average Bonchev–Trinajstić information content (AvgIpc) is 2.96. The van der Waals surface area contributed by atoms with E-state index in [4.69, 9.17) is 5.11 Å². The topological polar surface area (TPSA) is 127 Å². The number of aliphatic carboxylic acids is 1. The first-order valence-electron chi connectivity index (χ1n) is 7.92. The Balaban J connectivity index is 2.16. The molecule has 1 heterocycles. The fourth-order valence-corrected chi connectivity index (χ4v) is 2.30. The molecule has 0 fully saturated rings. The van der Waals surface area contributed by atoms with Crippen LogP contribution >= 0.6 is 0 Å². The van der Waals surface area contributed by atoms with E-state index in [9.17, 15) is 19.7 Å². The van der Waals surface area contributed by atoms with Gasteiger partial charge < -0.3 is 10.4 Å². The zero-order valence-electron chi connectivity index (χ0n) is 14.7. The van der Waals surface area contributed by atoms with E-state index in [-0.39, 0.29) is 24.6 Å². The van der Waals surface area contributed by atoms with Crippen molar-refractivity contribution in [3.05, 3.63) is 46.1 Å². The van der Waals surface area contributed by atoms with Crippen LogP contribution in [0.3, 0.4) is 0 Å². The SMILES string of the molecule is Cn1cc(C(=O)NCCC(C)(C)C(=O)O)c(-c2ccc([N+](=O)[O-])cc2)n1. The molecule has 26 heavy (non-hydrogen) atoms. The molecule has 0 aliphatic carbocycles. The number of nitrogens with one attached hydrogen (secondary N) is 1. The van der Waals surface area contributed by atoms with E-state index >= 15 is 0 Å². The van der Waals surface area contributed by atoms with Crippen molar-refractivity contribution in [1.82, 2.24) is 15.1 Å². The van der Waals surface area contributed by atoms with Crippen LogP contribution in [0.4, 0.5) is 5.69 Å². The zero-order valence-corrected chi connectivity index (χ0v) is 14.7. The Bertz CT molecular complexity index is 839. The van der Waals surface area contributed by atoms with Gasteiger partial charge in [0.15, 0.2) is 0 Å². The van der Waals surface area contributed by atoms with Gasteiger partial charge in [-0.25, -0.2) is 0 Å². The Morgan fingerprint density at radius 2 is 1.92 bits per heavy atom. The first kappa shape index (κ1) is 19.1. The summed E-state index contributed by atoms with van der Waals surface area (Å²) in [6, 6.07) is 5.76. The highest BCUT2D eigenvalue weighted by Gasteiger charge is 2.27. The number of carbonyl (C=O) groups excluding carboxylic acids is 1. The van der Waals surface area contributed by atoms with Crippen molar-refractivity contribution in [2.45, 2.75) is 20.3 Å². The van der Waals surface area contributed by atoms with Crippen LogP contribution in [0.5, 0.6) is 0 Å². The molecule has 138 valence electrons. The number of nitrogens with zero attached hydrogens (tertiary/aromatic N) is 3. The van der Waals surface area contributed by atoms with Crippen molar-refractivity contribution in [1.29, 1.82) is 0 Å². The van der Waals surface area contributed by atoms with Crippen molar-refractivity contribution in [2.24, 2.45) is 12.5 Å². The van der Waals surface area contributed by atoms with Crippen molar-refractivity contribution in [3.8, 4) is 11.3 Å². The number of rotatable bonds is 7. The molecule has 0 bridgehead atoms. The summed E-state index contributed by atoms with van der Waals surface area (Å²) in [6.07, 6.45) is 1.83. The Kier molecular flexibility index (Phi) is 5.39. The molecule has 9 heteroatoms. The number of nitro groups is 1. The maximum Gasteiger partial charge on any atom is 0.309 e. The molecular weight excluding hydrogens is 340 g/mol. The molecule has 0 radical (unpaired) electrons. The number of carbonyl (C=O) groups is 2. The number of carboxylic acid groups (broad SMARTS) is 1. The summed E-state index contributed by atoms with van der Waals surface area (Å²) in [6.45, 7) is 3.38. The van der Waals surface area contributed by atoms with Gasteiger partial charge in [-0.05, 0) is 32.4 Å². The van der Waals surface area contributed by atoms with Crippen LogP contribution in [0.1, 0.15) is 30.6 Å². The van der Waals surface area contributed by atoms with Gasteiger partial charge in [-0.1, -0.05) is 0 Å². The highest BCUT2D eigenvalue weighted by Crippen LogP contribution is 2.25. The summed E-state index contributed by atoms with van der Waals surface area (Å²) in [7, 11) is 1.67. The highest BCUT2D eigenvalue weighted by molar-refractivity contribution is 5.99. The van der Waals surface area contributed by atoms with Crippen LogP contribution in [0.2, 0.25) is 0 Å². The minimum atomic E-state index is -0.941. The molecule has 0 atom stereocenters.